The van der Waals surface area contributed by atoms with Crippen LogP contribution in [0.2, 0.25) is 0 Å². The van der Waals surface area contributed by atoms with Gasteiger partial charge in [0.2, 0.25) is 5.92 Å². The molecule has 10 heteroatoms. The van der Waals surface area contributed by atoms with E-state index in [4.69, 9.17) is 5.73 Å². The number of sulfone groups is 1. The second kappa shape index (κ2) is 7.02. The molecule has 2 heterocycles. The van der Waals surface area contributed by atoms with Crippen molar-refractivity contribution in [1.29, 1.82) is 0 Å². The van der Waals surface area contributed by atoms with Crippen LogP contribution >= 0.6 is 15.9 Å². The number of halogens is 3. The monoisotopic (exact) mass is 484 g/mol. The molecule has 29 heavy (non-hydrogen) atoms. The van der Waals surface area contributed by atoms with Gasteiger partial charge in [0.25, 0.3) is 0 Å². The number of nitrogens with two attached hydrogens (primary N) is 1. The third-order valence-electron chi connectivity index (χ3n) is 5.30. The van der Waals surface area contributed by atoms with Crippen LogP contribution in [-0.2, 0) is 9.84 Å². The van der Waals surface area contributed by atoms with Crippen LogP contribution in [0.1, 0.15) is 24.8 Å². The fourth-order valence-corrected chi connectivity index (χ4v) is 5.53. The van der Waals surface area contributed by atoms with Gasteiger partial charge in [0, 0.05) is 24.6 Å². The van der Waals surface area contributed by atoms with Crippen LogP contribution in [-0.4, -0.2) is 34.5 Å². The van der Waals surface area contributed by atoms with E-state index in [2.05, 4.69) is 25.9 Å². The van der Waals surface area contributed by atoms with Crippen LogP contribution < -0.4 is 5.73 Å². The summed E-state index contributed by atoms with van der Waals surface area (Å²) in [5.41, 5.74) is 8.65. The second-order valence-electron chi connectivity index (χ2n) is 7.50. The number of hydrogen-bond acceptors (Lipinski definition) is 5. The molecule has 154 valence electrons. The molecule has 0 atom stereocenters. The normalized spacial score (nSPS) is 16.8. The van der Waals surface area contributed by atoms with E-state index in [1.807, 2.05) is 6.92 Å². The highest BCUT2D eigenvalue weighted by atomic mass is 79.9. The van der Waals surface area contributed by atoms with Crippen LogP contribution in [0.5, 0.6) is 0 Å². The second-order valence-corrected chi connectivity index (χ2v) is 10.4. The molecular weight excluding hydrogens is 466 g/mol. The molecule has 0 spiro atoms. The zero-order valence-electron chi connectivity index (χ0n) is 15.6. The van der Waals surface area contributed by atoms with Gasteiger partial charge >= 0.3 is 0 Å². The van der Waals surface area contributed by atoms with Crippen molar-refractivity contribution in [2.24, 2.45) is 5.92 Å². The topological polar surface area (TPSA) is 90.3 Å². The van der Waals surface area contributed by atoms with E-state index < -0.39 is 15.8 Å². The summed E-state index contributed by atoms with van der Waals surface area (Å²) in [6, 6.07) is 4.89. The number of nitrogens with zero attached hydrogens (tertiary/aromatic N) is 3. The van der Waals surface area contributed by atoms with Gasteiger partial charge in [0.05, 0.1) is 22.5 Å². The number of aromatic nitrogens is 3. The third-order valence-corrected chi connectivity index (χ3v) is 7.43. The first-order valence-electron chi connectivity index (χ1n) is 9.06. The zero-order valence-corrected chi connectivity index (χ0v) is 18.0. The molecule has 4 rings (SSSR count). The number of alkyl halides is 2. The molecule has 2 aromatic heterocycles. The van der Waals surface area contributed by atoms with E-state index >= 15 is 0 Å². The Morgan fingerprint density at radius 2 is 2.07 bits per heavy atom. The quantitative estimate of drug-likeness (QED) is 0.584. The number of imidazole rings is 1. The van der Waals surface area contributed by atoms with Gasteiger partial charge in [-0.15, -0.1) is 0 Å². The third kappa shape index (κ3) is 3.87. The summed E-state index contributed by atoms with van der Waals surface area (Å²) in [5, 5.41) is 0. The van der Waals surface area contributed by atoms with E-state index in [-0.39, 0.29) is 41.6 Å². The number of benzene rings is 1. The molecule has 3 aromatic rings. The molecule has 1 saturated carbocycles. The number of hydrogen-bond donors (Lipinski definition) is 1. The molecule has 1 aliphatic carbocycles. The van der Waals surface area contributed by atoms with Gasteiger partial charge in [0.1, 0.15) is 4.60 Å². The number of rotatable bonds is 5. The van der Waals surface area contributed by atoms with Crippen molar-refractivity contribution in [3.8, 4) is 11.3 Å². The minimum absolute atomic E-state index is 0.147. The molecule has 0 radical (unpaired) electrons. The molecule has 1 fully saturated rings. The Kier molecular flexibility index (Phi) is 4.89. The van der Waals surface area contributed by atoms with E-state index in [9.17, 15) is 17.2 Å². The fraction of sp³-hybridized carbons (Fsp3) is 0.368. The lowest BCUT2D eigenvalue weighted by Gasteiger charge is -2.34. The summed E-state index contributed by atoms with van der Waals surface area (Å²) in [6.45, 7) is 1.88. The fourth-order valence-electron chi connectivity index (χ4n) is 3.68. The molecule has 1 aliphatic rings. The molecule has 0 aliphatic heterocycles. The predicted molar refractivity (Wildman–Crippen MR) is 110 cm³/mol. The van der Waals surface area contributed by atoms with Gasteiger partial charge in [0.15, 0.2) is 21.3 Å². The molecule has 0 bridgehead atoms. The van der Waals surface area contributed by atoms with E-state index in [0.717, 1.165) is 5.56 Å². The summed E-state index contributed by atoms with van der Waals surface area (Å²) < 4.78 is 53.9. The van der Waals surface area contributed by atoms with Crippen LogP contribution in [0.3, 0.4) is 0 Å². The van der Waals surface area contributed by atoms with E-state index in [0.29, 0.717) is 21.5 Å². The molecule has 2 N–H and O–H groups in total. The average Bonchev–Trinajstić information content (AvgIpc) is 3.02. The van der Waals surface area contributed by atoms with Crippen LogP contribution in [0.15, 0.2) is 40.1 Å². The van der Waals surface area contributed by atoms with Gasteiger partial charge in [-0.05, 0) is 52.9 Å². The largest absolute Gasteiger partial charge is 0.381 e. The van der Waals surface area contributed by atoms with Crippen molar-refractivity contribution in [2.75, 3.05) is 11.5 Å². The van der Waals surface area contributed by atoms with Gasteiger partial charge < -0.3 is 5.73 Å². The van der Waals surface area contributed by atoms with Gasteiger partial charge in [-0.3, -0.25) is 4.40 Å². The lowest BCUT2D eigenvalue weighted by molar-refractivity contribution is -0.110. The van der Waals surface area contributed by atoms with Gasteiger partial charge in [-0.25, -0.2) is 27.2 Å². The highest BCUT2D eigenvalue weighted by molar-refractivity contribution is 9.10. The first-order valence-corrected chi connectivity index (χ1v) is 11.5. The van der Waals surface area contributed by atoms with Crippen LogP contribution in [0, 0.1) is 12.8 Å². The average molecular weight is 485 g/mol. The minimum atomic E-state index is -3.59. The number of nitrogen functional groups attached to an aromatic ring is 1. The summed E-state index contributed by atoms with van der Waals surface area (Å²) in [4.78, 5) is 8.58. The van der Waals surface area contributed by atoms with Crippen molar-refractivity contribution in [3.63, 3.8) is 0 Å². The minimum Gasteiger partial charge on any atom is -0.381 e. The number of anilines is 1. The number of fused-ring (bicyclic) bond motifs is 1. The first kappa shape index (κ1) is 20.2. The summed E-state index contributed by atoms with van der Waals surface area (Å²) in [7, 11) is -3.59. The maximum atomic E-state index is 13.0. The molecular formula is C19H19BrF2N4O2S. The maximum Gasteiger partial charge on any atom is 0.248 e. The van der Waals surface area contributed by atoms with Crippen LogP contribution in [0.4, 0.5) is 14.6 Å². The van der Waals surface area contributed by atoms with E-state index in [1.54, 1.807) is 35.0 Å². The standard InChI is InChI=1S/C19H19BrF2N4O2S/c1-11-2-3-13(29(27,28)5-4-12-7-19(21,22)8-12)6-14(11)15-9-24-18-17(23)25-16(20)10-26(15)18/h2-3,6,9-10,12H,4-5,7-8H2,1H3,(H2,23,25). The Morgan fingerprint density at radius 1 is 1.34 bits per heavy atom. The summed E-state index contributed by atoms with van der Waals surface area (Å²) in [5.74, 6) is -2.77. The summed E-state index contributed by atoms with van der Waals surface area (Å²) in [6.07, 6.45) is 3.12. The van der Waals surface area contributed by atoms with Crippen molar-refractivity contribution < 1.29 is 17.2 Å². The zero-order chi connectivity index (χ0) is 21.0. The SMILES string of the molecule is Cc1ccc(S(=O)(=O)CCC2CC(F)(F)C2)cc1-c1cnc2c(N)nc(Br)cn12. The van der Waals surface area contributed by atoms with Gasteiger partial charge in [-0.2, -0.15) is 0 Å². The van der Waals surface area contributed by atoms with E-state index in [1.165, 1.54) is 0 Å². The molecule has 0 amide bonds. The lowest BCUT2D eigenvalue weighted by Crippen LogP contribution is -2.36. The van der Waals surface area contributed by atoms with Crippen molar-refractivity contribution >= 4 is 37.2 Å². The smallest absolute Gasteiger partial charge is 0.248 e. The van der Waals surface area contributed by atoms with Gasteiger partial charge in [-0.1, -0.05) is 6.07 Å². The first-order chi connectivity index (χ1) is 13.6. The Morgan fingerprint density at radius 3 is 2.76 bits per heavy atom. The Hall–Kier alpha value is -2.07. The highest BCUT2D eigenvalue weighted by Gasteiger charge is 2.45. The number of aryl methyl sites for hydroxylation is 1. The maximum absolute atomic E-state index is 13.0. The Bertz CT molecular complexity index is 1200. The van der Waals surface area contributed by atoms with Crippen molar-refractivity contribution in [1.82, 2.24) is 14.4 Å². The molecule has 1 aromatic carbocycles. The summed E-state index contributed by atoms with van der Waals surface area (Å²) >= 11 is 3.30. The predicted octanol–water partition coefficient (Wildman–Crippen LogP) is 4.26. The lowest BCUT2D eigenvalue weighted by atomic mass is 9.80. The van der Waals surface area contributed by atoms with Crippen molar-refractivity contribution in [3.05, 3.63) is 40.8 Å². The molecule has 0 saturated heterocycles. The molecule has 0 unspecified atom stereocenters. The van der Waals surface area contributed by atoms with Crippen LogP contribution in [0.25, 0.3) is 16.9 Å². The Labute approximate surface area is 175 Å². The highest BCUT2D eigenvalue weighted by Crippen LogP contribution is 2.44. The van der Waals surface area contributed by atoms with Crippen molar-refractivity contribution in [2.45, 2.75) is 37.0 Å². The Balaban J connectivity index is 1.66. The molecule has 6 nitrogen and oxygen atoms in total.